The van der Waals surface area contributed by atoms with Gasteiger partial charge >= 0.3 is 5.97 Å². The number of hydrogen-bond acceptors (Lipinski definition) is 8. The van der Waals surface area contributed by atoms with Crippen LogP contribution in [0.25, 0.3) is 6.08 Å². The highest BCUT2D eigenvalue weighted by atomic mass is 16.7. The number of nitro benzene ring substituents is 1. The van der Waals surface area contributed by atoms with Crippen LogP contribution in [0.1, 0.15) is 17.0 Å². The number of carbonyl (C=O) groups excluding carboxylic acids is 1. The molecule has 24 heavy (non-hydrogen) atoms. The van der Waals surface area contributed by atoms with E-state index in [9.17, 15) is 14.9 Å². The van der Waals surface area contributed by atoms with Gasteiger partial charge in [-0.05, 0) is 19.1 Å². The Bertz CT molecular complexity index is 825. The van der Waals surface area contributed by atoms with Crippen LogP contribution in [0, 0.1) is 17.0 Å². The largest absolute Gasteiger partial charge is 0.456 e. The standard InChI is InChI=1S/C15H12N2O7/c1-9-4-11(16-24-9)7-21-15(18)3-2-10-5-13-14(23-8-22-13)6-12(10)17(19)20/h2-6H,7-8H2,1H3/b3-2+. The van der Waals surface area contributed by atoms with Crippen molar-refractivity contribution in [2.45, 2.75) is 13.5 Å². The van der Waals surface area contributed by atoms with E-state index in [0.717, 1.165) is 6.08 Å². The lowest BCUT2D eigenvalue weighted by molar-refractivity contribution is -0.385. The summed E-state index contributed by atoms with van der Waals surface area (Å²) in [5.74, 6) is 0.615. The number of benzene rings is 1. The van der Waals surface area contributed by atoms with Crippen LogP contribution in [0.15, 0.2) is 28.8 Å². The van der Waals surface area contributed by atoms with Crippen LogP contribution >= 0.6 is 0 Å². The Hall–Kier alpha value is -3.36. The van der Waals surface area contributed by atoms with Crippen LogP contribution < -0.4 is 9.47 Å². The molecule has 2 heterocycles. The van der Waals surface area contributed by atoms with Gasteiger partial charge in [0.05, 0.1) is 16.6 Å². The van der Waals surface area contributed by atoms with Crippen LogP contribution in [0.5, 0.6) is 11.5 Å². The van der Waals surface area contributed by atoms with Crippen molar-refractivity contribution < 1.29 is 28.5 Å². The third-order valence-corrected chi connectivity index (χ3v) is 3.16. The predicted molar refractivity (Wildman–Crippen MR) is 79.3 cm³/mol. The van der Waals surface area contributed by atoms with E-state index in [-0.39, 0.29) is 24.7 Å². The fourth-order valence-corrected chi connectivity index (χ4v) is 2.08. The fourth-order valence-electron chi connectivity index (χ4n) is 2.08. The molecule has 9 nitrogen and oxygen atoms in total. The monoisotopic (exact) mass is 332 g/mol. The van der Waals surface area contributed by atoms with E-state index in [2.05, 4.69) is 5.16 Å². The van der Waals surface area contributed by atoms with Gasteiger partial charge in [0.15, 0.2) is 11.5 Å². The van der Waals surface area contributed by atoms with Crippen molar-refractivity contribution in [1.82, 2.24) is 5.16 Å². The molecule has 1 aromatic heterocycles. The van der Waals surface area contributed by atoms with Gasteiger partial charge in [0.2, 0.25) is 6.79 Å². The lowest BCUT2D eigenvalue weighted by atomic mass is 10.1. The van der Waals surface area contributed by atoms with E-state index in [1.54, 1.807) is 13.0 Å². The van der Waals surface area contributed by atoms with Crippen LogP contribution in [-0.4, -0.2) is 22.8 Å². The van der Waals surface area contributed by atoms with E-state index in [4.69, 9.17) is 18.7 Å². The average molecular weight is 332 g/mol. The maximum Gasteiger partial charge on any atom is 0.331 e. The molecule has 0 amide bonds. The summed E-state index contributed by atoms with van der Waals surface area (Å²) < 4.78 is 20.1. The summed E-state index contributed by atoms with van der Waals surface area (Å²) in [4.78, 5) is 22.3. The first-order chi connectivity index (χ1) is 11.5. The second kappa shape index (κ2) is 6.41. The number of carbonyl (C=O) groups is 1. The molecule has 0 radical (unpaired) electrons. The molecule has 1 aliphatic rings. The number of rotatable bonds is 5. The van der Waals surface area contributed by atoms with Gasteiger partial charge in [-0.15, -0.1) is 0 Å². The zero-order chi connectivity index (χ0) is 17.1. The van der Waals surface area contributed by atoms with Crippen molar-refractivity contribution in [2.24, 2.45) is 0 Å². The van der Waals surface area contributed by atoms with Gasteiger partial charge in [-0.3, -0.25) is 10.1 Å². The number of aryl methyl sites for hydroxylation is 1. The maximum absolute atomic E-state index is 11.7. The van der Waals surface area contributed by atoms with Gasteiger partial charge in [0.1, 0.15) is 18.1 Å². The minimum atomic E-state index is -0.664. The maximum atomic E-state index is 11.7. The summed E-state index contributed by atoms with van der Waals surface area (Å²) in [5.41, 5.74) is 0.484. The Kier molecular flexibility index (Phi) is 4.15. The van der Waals surface area contributed by atoms with Crippen LogP contribution in [0.4, 0.5) is 5.69 Å². The lowest BCUT2D eigenvalue weighted by Gasteiger charge is -2.01. The van der Waals surface area contributed by atoms with Crippen LogP contribution in [0.2, 0.25) is 0 Å². The van der Waals surface area contributed by atoms with Crippen LogP contribution in [-0.2, 0) is 16.1 Å². The second-order valence-electron chi connectivity index (χ2n) is 4.89. The molecule has 2 aromatic rings. The Morgan fingerprint density at radius 2 is 2.12 bits per heavy atom. The molecule has 0 aliphatic carbocycles. The molecule has 1 aromatic carbocycles. The Balaban J connectivity index is 1.71. The Morgan fingerprint density at radius 1 is 1.38 bits per heavy atom. The van der Waals surface area contributed by atoms with Gasteiger partial charge in [0.25, 0.3) is 5.69 Å². The number of ether oxygens (including phenoxy) is 3. The van der Waals surface area contributed by atoms with Crippen molar-refractivity contribution in [3.63, 3.8) is 0 Å². The molecule has 0 unspecified atom stereocenters. The SMILES string of the molecule is Cc1cc(COC(=O)/C=C/c2cc3c(cc2[N+](=O)[O-])OCO3)no1. The van der Waals surface area contributed by atoms with E-state index < -0.39 is 10.9 Å². The van der Waals surface area contributed by atoms with E-state index in [0.29, 0.717) is 23.0 Å². The number of nitro groups is 1. The third-order valence-electron chi connectivity index (χ3n) is 3.16. The highest BCUT2D eigenvalue weighted by molar-refractivity contribution is 5.88. The second-order valence-corrected chi connectivity index (χ2v) is 4.89. The Morgan fingerprint density at radius 3 is 2.79 bits per heavy atom. The summed E-state index contributed by atoms with van der Waals surface area (Å²) in [5, 5.41) is 14.8. The minimum absolute atomic E-state index is 0.00118. The molecule has 0 saturated heterocycles. The quantitative estimate of drug-likeness (QED) is 0.355. The van der Waals surface area contributed by atoms with Gasteiger partial charge in [0, 0.05) is 12.1 Å². The number of fused-ring (bicyclic) bond motifs is 1. The molecule has 0 bridgehead atoms. The summed E-state index contributed by atoms with van der Waals surface area (Å²) in [6, 6.07) is 4.33. The molecule has 0 spiro atoms. The van der Waals surface area contributed by atoms with Crippen LogP contribution in [0.3, 0.4) is 0 Å². The summed E-state index contributed by atoms with van der Waals surface area (Å²) in [7, 11) is 0. The summed E-state index contributed by atoms with van der Waals surface area (Å²) in [6.07, 6.45) is 2.38. The molecule has 0 fully saturated rings. The number of nitrogens with zero attached hydrogens (tertiary/aromatic N) is 2. The molecule has 0 N–H and O–H groups in total. The first-order valence-corrected chi connectivity index (χ1v) is 6.88. The average Bonchev–Trinajstić information content (AvgIpc) is 3.17. The molecular formula is C15H12N2O7. The van der Waals surface area contributed by atoms with Gasteiger partial charge in [-0.1, -0.05) is 5.16 Å². The predicted octanol–water partition coefficient (Wildman–Crippen LogP) is 2.38. The van der Waals surface area contributed by atoms with Crippen molar-refractivity contribution in [3.8, 4) is 11.5 Å². The normalized spacial score (nSPS) is 12.5. The molecule has 9 heteroatoms. The highest BCUT2D eigenvalue weighted by Gasteiger charge is 2.22. The zero-order valence-corrected chi connectivity index (χ0v) is 12.6. The van der Waals surface area contributed by atoms with Crippen molar-refractivity contribution >= 4 is 17.7 Å². The molecule has 0 saturated carbocycles. The molecule has 0 atom stereocenters. The number of hydrogen-bond donors (Lipinski definition) is 0. The molecular weight excluding hydrogens is 320 g/mol. The smallest absolute Gasteiger partial charge is 0.331 e. The van der Waals surface area contributed by atoms with E-state index in [1.807, 2.05) is 0 Å². The highest BCUT2D eigenvalue weighted by Crippen LogP contribution is 2.38. The summed E-state index contributed by atoms with van der Waals surface area (Å²) >= 11 is 0. The number of esters is 1. The van der Waals surface area contributed by atoms with Crippen molar-refractivity contribution in [3.05, 3.63) is 51.4 Å². The molecule has 124 valence electrons. The van der Waals surface area contributed by atoms with Gasteiger partial charge < -0.3 is 18.7 Å². The van der Waals surface area contributed by atoms with E-state index in [1.165, 1.54) is 18.2 Å². The topological polar surface area (TPSA) is 114 Å². The van der Waals surface area contributed by atoms with E-state index >= 15 is 0 Å². The Labute approximate surface area is 135 Å². The molecule has 1 aliphatic heterocycles. The van der Waals surface area contributed by atoms with Gasteiger partial charge in [-0.2, -0.15) is 0 Å². The first-order valence-electron chi connectivity index (χ1n) is 6.88. The van der Waals surface area contributed by atoms with Gasteiger partial charge in [-0.25, -0.2) is 4.79 Å². The summed E-state index contributed by atoms with van der Waals surface area (Å²) in [6.45, 7) is 1.67. The first kappa shape index (κ1) is 15.5. The third kappa shape index (κ3) is 3.35. The lowest BCUT2D eigenvalue weighted by Crippen LogP contribution is -2.01. The minimum Gasteiger partial charge on any atom is -0.456 e. The molecule has 3 rings (SSSR count). The van der Waals surface area contributed by atoms with Crippen molar-refractivity contribution in [2.75, 3.05) is 6.79 Å². The number of aromatic nitrogens is 1. The van der Waals surface area contributed by atoms with Crippen molar-refractivity contribution in [1.29, 1.82) is 0 Å². The zero-order valence-electron chi connectivity index (χ0n) is 12.6. The fraction of sp³-hybridized carbons (Fsp3) is 0.200.